The lowest BCUT2D eigenvalue weighted by Crippen LogP contribution is -2.44. The van der Waals surface area contributed by atoms with Crippen LogP contribution in [0.15, 0.2) is 24.4 Å². The van der Waals surface area contributed by atoms with E-state index in [0.29, 0.717) is 0 Å². The van der Waals surface area contributed by atoms with Crippen LogP contribution in [0.25, 0.3) is 0 Å². The Bertz CT molecular complexity index is 1020. The molecule has 0 radical (unpaired) electrons. The van der Waals surface area contributed by atoms with Crippen molar-refractivity contribution < 1.29 is 31.5 Å². The van der Waals surface area contributed by atoms with Gasteiger partial charge in [-0.1, -0.05) is 29.3 Å². The van der Waals surface area contributed by atoms with Gasteiger partial charge in [-0.2, -0.15) is 13.2 Å². The van der Waals surface area contributed by atoms with E-state index in [-0.39, 0.29) is 17.7 Å². The van der Waals surface area contributed by atoms with Crippen LogP contribution < -0.4 is 16.0 Å². The third kappa shape index (κ3) is 4.41. The minimum absolute atomic E-state index is 0.0734. The van der Waals surface area contributed by atoms with Crippen LogP contribution in [0.2, 0.25) is 10.0 Å². The number of nitrogens with zero attached hydrogens (tertiary/aromatic N) is 1. The summed E-state index contributed by atoms with van der Waals surface area (Å²) in [6.45, 7) is -0.0734. The van der Waals surface area contributed by atoms with Gasteiger partial charge in [0.1, 0.15) is 22.7 Å². The summed E-state index contributed by atoms with van der Waals surface area (Å²) in [6, 6.07) is -0.416. The Morgan fingerprint density at radius 2 is 1.97 bits per heavy atom. The van der Waals surface area contributed by atoms with E-state index in [9.17, 15) is 31.5 Å². The van der Waals surface area contributed by atoms with Crippen LogP contribution in [-0.2, 0) is 11.0 Å². The van der Waals surface area contributed by atoms with Crippen molar-refractivity contribution >= 4 is 35.1 Å². The molecule has 6 nitrogen and oxygen atoms in total. The van der Waals surface area contributed by atoms with Gasteiger partial charge in [0, 0.05) is 18.3 Å². The highest BCUT2D eigenvalue weighted by Crippen LogP contribution is 2.36. The van der Waals surface area contributed by atoms with E-state index in [1.807, 2.05) is 0 Å². The summed E-state index contributed by atoms with van der Waals surface area (Å²) < 4.78 is 67.0. The fraction of sp³-hybridized carbons (Fsp3) is 0.235. The summed E-state index contributed by atoms with van der Waals surface area (Å²) in [7, 11) is 0. The maximum absolute atomic E-state index is 14.6. The number of hydrogen-bond donors (Lipinski definition) is 3. The molecular formula is C17H11Cl2F5N4O2. The largest absolute Gasteiger partial charge is 0.434 e. The van der Waals surface area contributed by atoms with Crippen LogP contribution in [0.3, 0.4) is 0 Å². The van der Waals surface area contributed by atoms with Crippen LogP contribution in [0.1, 0.15) is 22.9 Å². The maximum Gasteiger partial charge on any atom is 0.434 e. The van der Waals surface area contributed by atoms with E-state index in [4.69, 9.17) is 23.2 Å². The zero-order chi connectivity index (χ0) is 22.2. The van der Waals surface area contributed by atoms with Gasteiger partial charge in [0.25, 0.3) is 0 Å². The Balaban J connectivity index is 2.04. The second-order valence-electron chi connectivity index (χ2n) is 6.21. The Morgan fingerprint density at radius 3 is 2.53 bits per heavy atom. The van der Waals surface area contributed by atoms with Gasteiger partial charge in [0.05, 0.1) is 11.1 Å². The molecule has 2 heterocycles. The zero-order valence-corrected chi connectivity index (χ0v) is 16.1. The minimum Gasteiger partial charge on any atom is -0.343 e. The number of hydrogen-bond acceptors (Lipinski definition) is 3. The van der Waals surface area contributed by atoms with Crippen LogP contribution >= 0.6 is 23.2 Å². The molecule has 1 aliphatic rings. The molecule has 2 atom stereocenters. The Hall–Kier alpha value is -2.66. The summed E-state index contributed by atoms with van der Waals surface area (Å²) in [4.78, 5) is 27.0. The molecule has 2 aromatic rings. The Labute approximate surface area is 175 Å². The van der Waals surface area contributed by atoms with E-state index in [0.717, 1.165) is 24.4 Å². The van der Waals surface area contributed by atoms with Crippen LogP contribution in [0.4, 0.5) is 26.7 Å². The van der Waals surface area contributed by atoms with Crippen molar-refractivity contribution in [2.75, 3.05) is 6.54 Å². The number of amides is 3. The molecule has 3 N–H and O–H groups in total. The highest BCUT2D eigenvalue weighted by atomic mass is 35.5. The number of nitrogens with one attached hydrogen (secondary N) is 3. The van der Waals surface area contributed by atoms with Crippen LogP contribution in [-0.4, -0.2) is 29.5 Å². The van der Waals surface area contributed by atoms with E-state index < -0.39 is 57.6 Å². The molecular weight excluding hydrogens is 458 g/mol. The Morgan fingerprint density at radius 1 is 1.27 bits per heavy atom. The normalized spacial score (nSPS) is 17.3. The number of benzene rings is 1. The van der Waals surface area contributed by atoms with Crippen LogP contribution in [0.5, 0.6) is 0 Å². The zero-order valence-electron chi connectivity index (χ0n) is 14.6. The third-order valence-corrected chi connectivity index (χ3v) is 4.85. The first kappa shape index (κ1) is 22.0. The number of aromatic nitrogens is 1. The summed E-state index contributed by atoms with van der Waals surface area (Å²) in [5.74, 6) is -3.08. The topological polar surface area (TPSA) is 83.1 Å². The predicted octanol–water partition coefficient (Wildman–Crippen LogP) is 3.57. The molecule has 1 aliphatic heterocycles. The van der Waals surface area contributed by atoms with Gasteiger partial charge in [-0.15, -0.1) is 0 Å². The van der Waals surface area contributed by atoms with Crippen molar-refractivity contribution in [3.8, 4) is 0 Å². The fourth-order valence-electron chi connectivity index (χ4n) is 2.78. The molecule has 1 saturated heterocycles. The molecule has 0 spiro atoms. The lowest BCUT2D eigenvalue weighted by molar-refractivity contribution is -0.141. The predicted molar refractivity (Wildman–Crippen MR) is 95.9 cm³/mol. The number of carbonyl (C=O) groups excluding carboxylic acids is 2. The van der Waals surface area contributed by atoms with Crippen molar-refractivity contribution in [3.63, 3.8) is 0 Å². The standard InChI is InChI=1S/C17H11Cl2F5N4O2/c18-8-3-6(4-25-14(8)17(22,23)24)13(7-1-2-9(20)11(19)12(7)21)28-15(29)10-5-26-16(30)27-10/h1-4,10,13H,5H2,(H,28,29)(H2,26,27,30)/t10?,13-/m1/s1. The van der Waals surface area contributed by atoms with Crippen molar-refractivity contribution in [3.05, 3.63) is 62.9 Å². The second-order valence-corrected chi connectivity index (χ2v) is 7.00. The maximum atomic E-state index is 14.6. The number of alkyl halides is 3. The van der Waals surface area contributed by atoms with E-state index in [1.165, 1.54) is 0 Å². The average molecular weight is 469 g/mol. The molecule has 3 amide bonds. The number of urea groups is 1. The molecule has 1 aromatic carbocycles. The molecule has 3 rings (SSSR count). The fourth-order valence-corrected chi connectivity index (χ4v) is 3.23. The molecule has 1 fully saturated rings. The highest BCUT2D eigenvalue weighted by molar-refractivity contribution is 6.31. The molecule has 13 heteroatoms. The van der Waals surface area contributed by atoms with Crippen molar-refractivity contribution in [2.24, 2.45) is 0 Å². The SMILES string of the molecule is O=C1NCC(C(=O)N[C@H](c2cnc(C(F)(F)F)c(Cl)c2)c2ccc(F)c(Cl)c2F)N1. The first-order valence-corrected chi connectivity index (χ1v) is 8.95. The second kappa shape index (κ2) is 8.23. The van der Waals surface area contributed by atoms with Gasteiger partial charge in [-0.25, -0.2) is 18.6 Å². The summed E-state index contributed by atoms with van der Waals surface area (Å²) >= 11 is 11.3. The van der Waals surface area contributed by atoms with Gasteiger partial charge < -0.3 is 16.0 Å². The molecule has 0 saturated carbocycles. The molecule has 0 aliphatic carbocycles. The first-order valence-electron chi connectivity index (χ1n) is 8.19. The number of rotatable bonds is 4. The molecule has 30 heavy (non-hydrogen) atoms. The van der Waals surface area contributed by atoms with Gasteiger partial charge in [-0.05, 0) is 17.7 Å². The number of halogens is 7. The lowest BCUT2D eigenvalue weighted by atomic mass is 9.98. The van der Waals surface area contributed by atoms with Gasteiger partial charge in [-0.3, -0.25) is 4.79 Å². The molecule has 1 unspecified atom stereocenters. The smallest absolute Gasteiger partial charge is 0.343 e. The highest BCUT2D eigenvalue weighted by Gasteiger charge is 2.36. The Kier molecular flexibility index (Phi) is 6.04. The van der Waals surface area contributed by atoms with Gasteiger partial charge in [0.2, 0.25) is 5.91 Å². The summed E-state index contributed by atoms with van der Waals surface area (Å²) in [6.07, 6.45) is -4.08. The van der Waals surface area contributed by atoms with E-state index in [1.54, 1.807) is 0 Å². The van der Waals surface area contributed by atoms with Crippen molar-refractivity contribution in [1.29, 1.82) is 0 Å². The summed E-state index contributed by atoms with van der Waals surface area (Å²) in [5, 5.41) is 5.39. The molecule has 160 valence electrons. The number of carbonyl (C=O) groups is 2. The molecule has 1 aromatic heterocycles. The van der Waals surface area contributed by atoms with E-state index in [2.05, 4.69) is 20.9 Å². The minimum atomic E-state index is -4.83. The number of pyridine rings is 1. The van der Waals surface area contributed by atoms with Crippen molar-refractivity contribution in [2.45, 2.75) is 18.3 Å². The van der Waals surface area contributed by atoms with Crippen LogP contribution in [0, 0.1) is 11.6 Å². The quantitative estimate of drug-likeness (QED) is 0.473. The first-order chi connectivity index (χ1) is 14.0. The monoisotopic (exact) mass is 468 g/mol. The average Bonchev–Trinajstić information content (AvgIpc) is 3.10. The van der Waals surface area contributed by atoms with Crippen molar-refractivity contribution in [1.82, 2.24) is 20.9 Å². The third-order valence-electron chi connectivity index (χ3n) is 4.22. The molecule has 0 bridgehead atoms. The van der Waals surface area contributed by atoms with Gasteiger partial charge >= 0.3 is 12.2 Å². The summed E-state index contributed by atoms with van der Waals surface area (Å²) in [5.41, 5.74) is -1.84. The van der Waals surface area contributed by atoms with E-state index >= 15 is 0 Å². The lowest BCUT2D eigenvalue weighted by Gasteiger charge is -2.23. The van der Waals surface area contributed by atoms with Gasteiger partial charge in [0.15, 0.2) is 5.69 Å².